The summed E-state index contributed by atoms with van der Waals surface area (Å²) in [5, 5.41) is 3.61. The Labute approximate surface area is 145 Å². The molecule has 1 unspecified atom stereocenters. The number of carbonyl (C=O) groups is 1. The van der Waals surface area contributed by atoms with Crippen LogP contribution in [0.5, 0.6) is 0 Å². The van der Waals surface area contributed by atoms with Crippen LogP contribution in [0.3, 0.4) is 0 Å². The predicted octanol–water partition coefficient (Wildman–Crippen LogP) is 2.58. The molecule has 0 aliphatic rings. The molecule has 0 aliphatic carbocycles. The van der Waals surface area contributed by atoms with E-state index in [9.17, 15) is 4.79 Å². The highest BCUT2D eigenvalue weighted by atomic mass is 35.5. The third-order valence-electron chi connectivity index (χ3n) is 3.45. The van der Waals surface area contributed by atoms with Crippen LogP contribution in [0, 0.1) is 0 Å². The highest BCUT2D eigenvalue weighted by molar-refractivity contribution is 6.31. The van der Waals surface area contributed by atoms with Crippen molar-refractivity contribution in [3.05, 3.63) is 70.4 Å². The molecule has 2 aromatic rings. The van der Waals surface area contributed by atoms with Gasteiger partial charge in [0.15, 0.2) is 0 Å². The number of benzene rings is 2. The Morgan fingerprint density at radius 3 is 2.50 bits per heavy atom. The summed E-state index contributed by atoms with van der Waals surface area (Å²) in [4.78, 5) is 15.3. The number of rotatable bonds is 8. The minimum absolute atomic E-state index is 0.462. The summed E-state index contributed by atoms with van der Waals surface area (Å²) in [6, 6.07) is 13.3. The summed E-state index contributed by atoms with van der Waals surface area (Å²) in [6.07, 6.45) is 3.52. The molecule has 0 bridgehead atoms. The molecule has 24 heavy (non-hydrogen) atoms. The number of hydrogen-bond acceptors (Lipinski definition) is 5. The summed E-state index contributed by atoms with van der Waals surface area (Å²) >= 11 is 6.33. The zero-order valence-electron chi connectivity index (χ0n) is 13.1. The second kappa shape index (κ2) is 8.93. The van der Waals surface area contributed by atoms with Crippen LogP contribution in [0.1, 0.15) is 22.8 Å². The van der Waals surface area contributed by atoms with E-state index in [4.69, 9.17) is 22.3 Å². The molecule has 0 saturated carbocycles. The fourth-order valence-electron chi connectivity index (χ4n) is 2.23. The van der Waals surface area contributed by atoms with Crippen LogP contribution in [0.25, 0.3) is 6.08 Å². The van der Waals surface area contributed by atoms with Crippen molar-refractivity contribution < 1.29 is 9.63 Å². The third kappa shape index (κ3) is 4.48. The van der Waals surface area contributed by atoms with Crippen molar-refractivity contribution in [2.24, 2.45) is 5.90 Å². The molecule has 0 spiro atoms. The number of amides is 1. The first kappa shape index (κ1) is 17.8. The summed E-state index contributed by atoms with van der Waals surface area (Å²) in [5.74, 6) is 5.49. The van der Waals surface area contributed by atoms with E-state index in [0.717, 1.165) is 22.4 Å². The fourth-order valence-corrected chi connectivity index (χ4v) is 2.51. The van der Waals surface area contributed by atoms with E-state index in [-0.39, 0.29) is 0 Å². The number of anilines is 1. The highest BCUT2D eigenvalue weighted by Crippen LogP contribution is 2.32. The summed E-state index contributed by atoms with van der Waals surface area (Å²) in [6.45, 7) is 0. The number of nitrogens with one attached hydrogen (secondary N) is 3. The quantitative estimate of drug-likeness (QED) is 0.335. The predicted molar refractivity (Wildman–Crippen MR) is 95.9 cm³/mol. The summed E-state index contributed by atoms with van der Waals surface area (Å²) in [7, 11) is 1.83. The van der Waals surface area contributed by atoms with Gasteiger partial charge in [-0.3, -0.25) is 15.1 Å². The lowest BCUT2D eigenvalue weighted by atomic mass is 10.00. The van der Waals surface area contributed by atoms with Crippen molar-refractivity contribution >= 4 is 29.8 Å². The standard InChI is InChI=1S/C17H19ClN4O2/c1-20-14-6-7-15(16(18)10-14)17(24-19)13-4-2-12(3-5-13)8-9-21-22-11-23/h2-11,17,20-21H,19H2,1H3,(H,22,23)/b9-8+. The van der Waals surface area contributed by atoms with Crippen molar-refractivity contribution in [2.75, 3.05) is 12.4 Å². The van der Waals surface area contributed by atoms with Crippen molar-refractivity contribution in [3.8, 4) is 0 Å². The fraction of sp³-hybridized carbons (Fsp3) is 0.118. The zero-order chi connectivity index (χ0) is 17.4. The van der Waals surface area contributed by atoms with Gasteiger partial charge >= 0.3 is 0 Å². The van der Waals surface area contributed by atoms with Crippen LogP contribution >= 0.6 is 11.6 Å². The maximum absolute atomic E-state index is 10.1. The van der Waals surface area contributed by atoms with Crippen LogP contribution < -0.4 is 22.1 Å². The summed E-state index contributed by atoms with van der Waals surface area (Å²) in [5.41, 5.74) is 8.47. The van der Waals surface area contributed by atoms with E-state index in [1.165, 1.54) is 0 Å². The average Bonchev–Trinajstić information content (AvgIpc) is 2.61. The van der Waals surface area contributed by atoms with Crippen LogP contribution in [0.2, 0.25) is 5.02 Å². The molecule has 6 nitrogen and oxygen atoms in total. The van der Waals surface area contributed by atoms with Gasteiger partial charge in [-0.1, -0.05) is 41.9 Å². The minimum Gasteiger partial charge on any atom is -0.388 e. The lowest BCUT2D eigenvalue weighted by molar-refractivity contribution is -0.110. The van der Waals surface area contributed by atoms with Crippen LogP contribution in [-0.2, 0) is 9.63 Å². The number of carbonyl (C=O) groups excluding carboxylic acids is 1. The van der Waals surface area contributed by atoms with Crippen molar-refractivity contribution in [2.45, 2.75) is 6.10 Å². The van der Waals surface area contributed by atoms with Gasteiger partial charge in [0.2, 0.25) is 6.41 Å². The molecular formula is C17H19ClN4O2. The van der Waals surface area contributed by atoms with Crippen LogP contribution in [-0.4, -0.2) is 13.5 Å². The Hall–Kier alpha value is -2.54. The molecule has 0 radical (unpaired) electrons. The van der Waals surface area contributed by atoms with E-state index < -0.39 is 6.10 Å². The SMILES string of the molecule is CNc1ccc(C(ON)c2ccc(/C=C/NNC=O)cc2)c(Cl)c1. The lowest BCUT2D eigenvalue weighted by Crippen LogP contribution is -2.24. The molecule has 7 heteroatoms. The van der Waals surface area contributed by atoms with Crippen molar-refractivity contribution in [1.82, 2.24) is 10.9 Å². The molecule has 126 valence electrons. The molecule has 0 heterocycles. The Morgan fingerprint density at radius 1 is 1.17 bits per heavy atom. The molecule has 1 atom stereocenters. The second-order valence-electron chi connectivity index (χ2n) is 4.91. The van der Waals surface area contributed by atoms with E-state index in [2.05, 4.69) is 16.2 Å². The molecule has 0 fully saturated rings. The first-order valence-electron chi connectivity index (χ1n) is 7.23. The highest BCUT2D eigenvalue weighted by Gasteiger charge is 2.17. The van der Waals surface area contributed by atoms with Gasteiger partial charge in [0, 0.05) is 29.5 Å². The maximum atomic E-state index is 10.1. The number of hydrazine groups is 1. The first-order chi connectivity index (χ1) is 11.7. The van der Waals surface area contributed by atoms with Gasteiger partial charge in [0.1, 0.15) is 6.10 Å². The Balaban J connectivity index is 2.19. The zero-order valence-corrected chi connectivity index (χ0v) is 13.9. The molecule has 0 saturated heterocycles. The third-order valence-corrected chi connectivity index (χ3v) is 3.78. The largest absolute Gasteiger partial charge is 0.388 e. The van der Waals surface area contributed by atoms with Gasteiger partial charge in [-0.05, 0) is 29.3 Å². The van der Waals surface area contributed by atoms with Gasteiger partial charge in [0.25, 0.3) is 0 Å². The van der Waals surface area contributed by atoms with E-state index >= 15 is 0 Å². The molecule has 1 amide bonds. The minimum atomic E-state index is -0.462. The Kier molecular flexibility index (Phi) is 6.62. The van der Waals surface area contributed by atoms with Crippen LogP contribution in [0.4, 0.5) is 5.69 Å². The summed E-state index contributed by atoms with van der Waals surface area (Å²) < 4.78 is 0. The first-order valence-corrected chi connectivity index (χ1v) is 7.61. The van der Waals surface area contributed by atoms with Gasteiger partial charge in [0.05, 0.1) is 0 Å². The number of hydrogen-bond donors (Lipinski definition) is 4. The monoisotopic (exact) mass is 346 g/mol. The average molecular weight is 347 g/mol. The normalized spacial score (nSPS) is 12.0. The van der Waals surface area contributed by atoms with Crippen LogP contribution in [0.15, 0.2) is 48.7 Å². The number of halogens is 1. The Morgan fingerprint density at radius 2 is 1.92 bits per heavy atom. The van der Waals surface area contributed by atoms with Gasteiger partial charge in [-0.25, -0.2) is 5.90 Å². The molecule has 0 aliphatic heterocycles. The molecule has 2 rings (SSSR count). The molecule has 2 aromatic carbocycles. The van der Waals surface area contributed by atoms with E-state index in [0.29, 0.717) is 11.4 Å². The second-order valence-corrected chi connectivity index (χ2v) is 5.32. The molecular weight excluding hydrogens is 328 g/mol. The van der Waals surface area contributed by atoms with Crippen molar-refractivity contribution in [3.63, 3.8) is 0 Å². The van der Waals surface area contributed by atoms with Gasteiger partial charge in [-0.15, -0.1) is 0 Å². The lowest BCUT2D eigenvalue weighted by Gasteiger charge is -2.17. The van der Waals surface area contributed by atoms with Crippen molar-refractivity contribution in [1.29, 1.82) is 0 Å². The smallest absolute Gasteiger partial charge is 0.225 e. The number of nitrogens with two attached hydrogens (primary N) is 1. The molecule has 0 aromatic heterocycles. The topological polar surface area (TPSA) is 88.4 Å². The molecule has 5 N–H and O–H groups in total. The van der Waals surface area contributed by atoms with Gasteiger partial charge < -0.3 is 10.7 Å². The Bertz CT molecular complexity index is 704. The van der Waals surface area contributed by atoms with Gasteiger partial charge in [-0.2, -0.15) is 0 Å². The van der Waals surface area contributed by atoms with E-state index in [1.807, 2.05) is 55.6 Å². The van der Waals surface area contributed by atoms with E-state index in [1.54, 1.807) is 6.20 Å². The maximum Gasteiger partial charge on any atom is 0.225 e.